The quantitative estimate of drug-likeness (QED) is 0.358. The molecule has 0 saturated carbocycles. The Hall–Kier alpha value is -2.66. The number of rotatable bonds is 7. The number of thiazole rings is 1. The van der Waals surface area contributed by atoms with E-state index < -0.39 is 16.1 Å². The first-order chi connectivity index (χ1) is 16.5. The van der Waals surface area contributed by atoms with Crippen molar-refractivity contribution in [3.05, 3.63) is 71.4 Å². The molecule has 34 heavy (non-hydrogen) atoms. The zero-order valence-corrected chi connectivity index (χ0v) is 21.1. The maximum Gasteiger partial charge on any atom is 0.253 e. The average molecular weight is 513 g/mol. The third kappa shape index (κ3) is 4.26. The van der Waals surface area contributed by atoms with Gasteiger partial charge in [0.15, 0.2) is 5.13 Å². The van der Waals surface area contributed by atoms with Gasteiger partial charge in [0.05, 0.1) is 16.8 Å². The van der Waals surface area contributed by atoms with Crippen molar-refractivity contribution < 1.29 is 13.2 Å². The molecule has 4 aromatic rings. The van der Waals surface area contributed by atoms with Crippen molar-refractivity contribution in [3.63, 3.8) is 0 Å². The first-order valence-corrected chi connectivity index (χ1v) is 14.3. The van der Waals surface area contributed by atoms with Crippen LogP contribution in [0.1, 0.15) is 30.9 Å². The van der Waals surface area contributed by atoms with Crippen LogP contribution in [-0.2, 0) is 27.8 Å². The zero-order chi connectivity index (χ0) is 23.7. The molecule has 0 bridgehead atoms. The maximum atomic E-state index is 14.0. The molecule has 1 saturated heterocycles. The molecule has 1 aromatic carbocycles. The van der Waals surface area contributed by atoms with Crippen molar-refractivity contribution in [1.29, 1.82) is 0 Å². The van der Waals surface area contributed by atoms with Gasteiger partial charge >= 0.3 is 0 Å². The molecule has 4 heterocycles. The molecule has 0 aliphatic carbocycles. The summed E-state index contributed by atoms with van der Waals surface area (Å²) in [6.45, 7) is 2.71. The van der Waals surface area contributed by atoms with Crippen LogP contribution in [0, 0.1) is 0 Å². The van der Waals surface area contributed by atoms with Gasteiger partial charge in [-0.15, -0.1) is 11.3 Å². The molecule has 3 aromatic heterocycles. The summed E-state index contributed by atoms with van der Waals surface area (Å²) < 4.78 is 29.2. The van der Waals surface area contributed by atoms with Crippen molar-refractivity contribution in [2.75, 3.05) is 11.4 Å². The van der Waals surface area contributed by atoms with E-state index in [0.29, 0.717) is 31.1 Å². The number of fused-ring (bicyclic) bond motifs is 1. The van der Waals surface area contributed by atoms with Crippen molar-refractivity contribution in [3.8, 4) is 0 Å². The van der Waals surface area contributed by atoms with Crippen molar-refractivity contribution >= 4 is 54.0 Å². The SMILES string of the molecule is CCc1cccc2sc(N(Cc3ccncc3)C(=O)C3CCCN3S(=O)(=O)c3cccs3)nc12. The number of para-hydroxylation sites is 1. The van der Waals surface area contributed by atoms with Crippen LogP contribution in [0.25, 0.3) is 10.2 Å². The Kier molecular flexibility index (Phi) is 6.48. The minimum atomic E-state index is -3.74. The van der Waals surface area contributed by atoms with Crippen LogP contribution in [0.4, 0.5) is 5.13 Å². The molecule has 0 spiro atoms. The van der Waals surface area contributed by atoms with E-state index in [9.17, 15) is 13.2 Å². The molecule has 1 unspecified atom stereocenters. The number of thiophene rings is 1. The number of amides is 1. The summed E-state index contributed by atoms with van der Waals surface area (Å²) in [6, 6.07) is 12.3. The monoisotopic (exact) mass is 512 g/mol. The van der Waals surface area contributed by atoms with Gasteiger partial charge in [0.25, 0.3) is 10.0 Å². The van der Waals surface area contributed by atoms with Gasteiger partial charge in [0.2, 0.25) is 5.91 Å². The van der Waals surface area contributed by atoms with Crippen molar-refractivity contribution in [1.82, 2.24) is 14.3 Å². The molecular formula is C24H24N4O3S3. The summed E-state index contributed by atoms with van der Waals surface area (Å²) >= 11 is 2.63. The van der Waals surface area contributed by atoms with Gasteiger partial charge in [-0.1, -0.05) is 36.5 Å². The highest BCUT2D eigenvalue weighted by molar-refractivity contribution is 7.91. The number of nitrogens with zero attached hydrogens (tertiary/aromatic N) is 4. The fourth-order valence-corrected chi connectivity index (χ4v) is 8.07. The van der Waals surface area contributed by atoms with Crippen LogP contribution in [0.3, 0.4) is 0 Å². The summed E-state index contributed by atoms with van der Waals surface area (Å²) in [5.74, 6) is -0.244. The molecule has 1 aliphatic heterocycles. The van der Waals surface area contributed by atoms with E-state index >= 15 is 0 Å². The lowest BCUT2D eigenvalue weighted by molar-refractivity contribution is -0.121. The van der Waals surface area contributed by atoms with E-state index in [1.807, 2.05) is 30.3 Å². The van der Waals surface area contributed by atoms with Crippen LogP contribution in [0.2, 0.25) is 0 Å². The Morgan fingerprint density at radius 1 is 1.18 bits per heavy atom. The molecule has 5 rings (SSSR count). The Morgan fingerprint density at radius 3 is 2.74 bits per heavy atom. The largest absolute Gasteiger partial charge is 0.282 e. The third-order valence-corrected chi connectivity index (χ3v) is 10.3. The molecule has 7 nitrogen and oxygen atoms in total. The number of aryl methyl sites for hydroxylation is 1. The second-order valence-electron chi connectivity index (χ2n) is 8.10. The number of pyridine rings is 1. The fourth-order valence-electron chi connectivity index (χ4n) is 4.29. The second-order valence-corrected chi connectivity index (χ2v) is 12.2. The van der Waals surface area contributed by atoms with E-state index in [2.05, 4.69) is 11.9 Å². The Labute approximate surface area is 206 Å². The minimum absolute atomic E-state index is 0.244. The molecular weight excluding hydrogens is 488 g/mol. The number of carbonyl (C=O) groups excluding carboxylic acids is 1. The number of hydrogen-bond acceptors (Lipinski definition) is 7. The first-order valence-electron chi connectivity index (χ1n) is 11.1. The van der Waals surface area contributed by atoms with Gasteiger partial charge < -0.3 is 0 Å². The fraction of sp³-hybridized carbons (Fsp3) is 0.292. The number of benzene rings is 1. The summed E-state index contributed by atoms with van der Waals surface area (Å²) in [4.78, 5) is 24.6. The van der Waals surface area contributed by atoms with Gasteiger partial charge in [0, 0.05) is 18.9 Å². The maximum absolute atomic E-state index is 14.0. The highest BCUT2D eigenvalue weighted by Crippen LogP contribution is 2.35. The van der Waals surface area contributed by atoms with Crippen molar-refractivity contribution in [2.45, 2.75) is 43.0 Å². The van der Waals surface area contributed by atoms with E-state index in [4.69, 9.17) is 4.98 Å². The van der Waals surface area contributed by atoms with Gasteiger partial charge in [-0.05, 0) is 60.0 Å². The van der Waals surface area contributed by atoms with Crippen LogP contribution in [0.5, 0.6) is 0 Å². The normalized spacial score (nSPS) is 16.8. The molecule has 1 fully saturated rings. The Morgan fingerprint density at radius 2 is 2.00 bits per heavy atom. The highest BCUT2D eigenvalue weighted by atomic mass is 32.2. The van der Waals surface area contributed by atoms with Gasteiger partial charge in [-0.2, -0.15) is 4.31 Å². The smallest absolute Gasteiger partial charge is 0.253 e. The number of sulfonamides is 1. The van der Waals surface area contributed by atoms with Gasteiger partial charge in [-0.25, -0.2) is 13.4 Å². The standard InChI is InChI=1S/C24H24N4O3S3/c1-2-18-6-3-8-20-22(18)26-24(33-20)27(16-17-10-12-25-13-11-17)23(29)19-7-4-14-28(19)34(30,31)21-9-5-15-32-21/h3,5-6,8-13,15,19H,2,4,7,14,16H2,1H3. The van der Waals surface area contributed by atoms with E-state index in [0.717, 1.165) is 27.8 Å². The zero-order valence-electron chi connectivity index (χ0n) is 18.6. The predicted molar refractivity (Wildman–Crippen MR) is 136 cm³/mol. The van der Waals surface area contributed by atoms with Crippen molar-refractivity contribution in [2.24, 2.45) is 0 Å². The predicted octanol–water partition coefficient (Wildman–Crippen LogP) is 4.70. The molecule has 176 valence electrons. The number of carbonyl (C=O) groups is 1. The molecule has 0 radical (unpaired) electrons. The molecule has 1 atom stereocenters. The molecule has 1 amide bonds. The lowest BCUT2D eigenvalue weighted by Gasteiger charge is -2.28. The second kappa shape index (κ2) is 9.53. The number of hydrogen-bond donors (Lipinski definition) is 0. The topological polar surface area (TPSA) is 83.5 Å². The lowest BCUT2D eigenvalue weighted by atomic mass is 10.1. The number of anilines is 1. The van der Waals surface area contributed by atoms with E-state index in [1.165, 1.54) is 27.0 Å². The summed E-state index contributed by atoms with van der Waals surface area (Å²) in [5, 5.41) is 2.32. The lowest BCUT2D eigenvalue weighted by Crippen LogP contribution is -2.47. The van der Waals surface area contributed by atoms with Crippen LogP contribution in [-0.4, -0.2) is 41.2 Å². The highest BCUT2D eigenvalue weighted by Gasteiger charge is 2.42. The molecule has 10 heteroatoms. The first kappa shape index (κ1) is 23.1. The van der Waals surface area contributed by atoms with E-state index in [-0.39, 0.29) is 10.1 Å². The summed E-state index contributed by atoms with van der Waals surface area (Å²) in [6.07, 6.45) is 5.35. The summed E-state index contributed by atoms with van der Waals surface area (Å²) in [7, 11) is -3.74. The van der Waals surface area contributed by atoms with Crippen LogP contribution >= 0.6 is 22.7 Å². The molecule has 0 N–H and O–H groups in total. The Balaban J connectivity index is 1.54. The Bertz CT molecular complexity index is 1400. The molecule has 1 aliphatic rings. The van der Waals surface area contributed by atoms with Crippen LogP contribution < -0.4 is 4.90 Å². The summed E-state index contributed by atoms with van der Waals surface area (Å²) in [5.41, 5.74) is 2.93. The van der Waals surface area contributed by atoms with Crippen LogP contribution in [0.15, 0.2) is 64.4 Å². The number of aromatic nitrogens is 2. The minimum Gasteiger partial charge on any atom is -0.282 e. The average Bonchev–Trinajstić information content (AvgIpc) is 3.62. The van der Waals surface area contributed by atoms with Gasteiger partial charge in [0.1, 0.15) is 10.3 Å². The van der Waals surface area contributed by atoms with E-state index in [1.54, 1.807) is 34.8 Å². The third-order valence-electron chi connectivity index (χ3n) is 6.01. The van der Waals surface area contributed by atoms with Gasteiger partial charge in [-0.3, -0.25) is 14.7 Å².